The number of fused-ring (bicyclic) bond motifs is 1. The molecule has 352 valence electrons. The fourth-order valence-corrected chi connectivity index (χ4v) is 7.90. The second kappa shape index (κ2) is 25.5. The average Bonchev–Trinajstić information content (AvgIpc) is 3.76. The highest BCUT2D eigenvalue weighted by Gasteiger charge is 2.43. The van der Waals surface area contributed by atoms with Gasteiger partial charge in [-0.25, -0.2) is 18.8 Å². The Hall–Kier alpha value is -4.99. The topological polar surface area (TPSA) is 180 Å². The van der Waals surface area contributed by atoms with Gasteiger partial charge in [-0.1, -0.05) is 31.2 Å². The van der Waals surface area contributed by atoms with E-state index in [1.807, 2.05) is 55.5 Å². The lowest BCUT2D eigenvalue weighted by molar-refractivity contribution is -0.493. The van der Waals surface area contributed by atoms with Gasteiger partial charge in [-0.2, -0.15) is 0 Å². The van der Waals surface area contributed by atoms with Crippen LogP contribution in [0.1, 0.15) is 43.2 Å². The van der Waals surface area contributed by atoms with Crippen molar-refractivity contribution in [3.05, 3.63) is 83.7 Å². The Labute approximate surface area is 372 Å². The molecule has 3 aromatic carbocycles. The number of anilines is 2. The molecule has 0 bridgehead atoms. The summed E-state index contributed by atoms with van der Waals surface area (Å²) in [7, 11) is 1.69. The van der Waals surface area contributed by atoms with Gasteiger partial charge in [-0.05, 0) is 66.4 Å². The molecule has 0 aliphatic carbocycles. The Kier molecular flexibility index (Phi) is 19.3. The Bertz CT molecular complexity index is 1880. The van der Waals surface area contributed by atoms with Crippen molar-refractivity contribution in [1.29, 1.82) is 0 Å². The molecule has 3 heterocycles. The zero-order chi connectivity index (χ0) is 45.1. The van der Waals surface area contributed by atoms with Crippen LogP contribution in [0.5, 0.6) is 11.5 Å². The maximum absolute atomic E-state index is 13.9. The van der Waals surface area contributed by atoms with Crippen LogP contribution in [0.15, 0.2) is 66.7 Å². The third kappa shape index (κ3) is 14.8. The summed E-state index contributed by atoms with van der Waals surface area (Å²) in [4.78, 5) is 37.2. The standard InChI is InChI=1S/C45H61FN4O14/c1-3-18-56-22-25-60-45(52)64-42-31-49(44(51)59-24-21-57-23-26-62-50(53)54)30-41(61-32-33-8-13-40-39(27-33)47(17-20-58-40)15-5-19-55-2)43(42)34-9-11-37(12-10-34)63-38-14-16-48(29-38)36-7-4-6-35(46)28-36/h4,6-13,27-28,38,41-43,53-54H,3,5,14-26,29-32H2,1-2H3. The molecule has 0 saturated carbocycles. The molecule has 2 N–H and O–H groups in total. The first-order valence-electron chi connectivity index (χ1n) is 21.8. The van der Waals surface area contributed by atoms with E-state index >= 15 is 0 Å². The number of benzene rings is 3. The number of amides is 1. The molecular formula is C45H61FN4O14. The molecule has 3 aromatic rings. The van der Waals surface area contributed by atoms with Crippen molar-refractivity contribution in [3.63, 3.8) is 0 Å². The molecule has 1 amide bonds. The molecular weight excluding hydrogens is 840 g/mol. The van der Waals surface area contributed by atoms with Crippen molar-refractivity contribution in [2.75, 3.05) is 116 Å². The van der Waals surface area contributed by atoms with Crippen LogP contribution in [0.3, 0.4) is 0 Å². The lowest BCUT2D eigenvalue weighted by Crippen LogP contribution is -2.55. The first-order valence-corrected chi connectivity index (χ1v) is 21.8. The summed E-state index contributed by atoms with van der Waals surface area (Å²) in [6.07, 6.45) is -0.915. The number of carbonyl (C=O) groups is 2. The maximum Gasteiger partial charge on any atom is 0.508 e. The highest BCUT2D eigenvalue weighted by molar-refractivity contribution is 5.68. The Morgan fingerprint density at radius 1 is 0.859 bits per heavy atom. The predicted octanol–water partition coefficient (Wildman–Crippen LogP) is 5.82. The van der Waals surface area contributed by atoms with Crippen LogP contribution in [0.2, 0.25) is 0 Å². The van der Waals surface area contributed by atoms with E-state index in [1.54, 1.807) is 13.2 Å². The second-order valence-corrected chi connectivity index (χ2v) is 15.5. The summed E-state index contributed by atoms with van der Waals surface area (Å²) >= 11 is 0. The van der Waals surface area contributed by atoms with Crippen molar-refractivity contribution >= 4 is 23.6 Å². The first-order chi connectivity index (χ1) is 31.2. The van der Waals surface area contributed by atoms with Crippen molar-refractivity contribution < 1.29 is 71.9 Å². The summed E-state index contributed by atoms with van der Waals surface area (Å²) in [5, 5.41) is 17.0. The minimum absolute atomic E-state index is 0.00949. The third-order valence-corrected chi connectivity index (χ3v) is 10.9. The summed E-state index contributed by atoms with van der Waals surface area (Å²) in [5.74, 6) is 0.572. The van der Waals surface area contributed by atoms with E-state index in [0.717, 1.165) is 67.1 Å². The Balaban J connectivity index is 1.20. The van der Waals surface area contributed by atoms with Gasteiger partial charge in [-0.15, -0.1) is 0 Å². The van der Waals surface area contributed by atoms with Crippen LogP contribution in [0.4, 0.5) is 25.4 Å². The van der Waals surface area contributed by atoms with E-state index < -0.39 is 35.8 Å². The van der Waals surface area contributed by atoms with Crippen molar-refractivity contribution in [1.82, 2.24) is 10.3 Å². The summed E-state index contributed by atoms with van der Waals surface area (Å²) in [5.41, 5.74) is 3.42. The van der Waals surface area contributed by atoms with Gasteiger partial charge >= 0.3 is 12.2 Å². The normalized spacial score (nSPS) is 19.6. The predicted molar refractivity (Wildman–Crippen MR) is 228 cm³/mol. The van der Waals surface area contributed by atoms with Gasteiger partial charge in [0.25, 0.3) is 0 Å². The smallest absolute Gasteiger partial charge is 0.490 e. The number of methoxy groups -OCH3 is 1. The summed E-state index contributed by atoms with van der Waals surface area (Å²) in [6.45, 7) is 6.74. The van der Waals surface area contributed by atoms with E-state index in [4.69, 9.17) is 53.0 Å². The van der Waals surface area contributed by atoms with Crippen molar-refractivity contribution in [3.8, 4) is 11.5 Å². The number of rotatable bonds is 24. The van der Waals surface area contributed by atoms with Gasteiger partial charge in [0.15, 0.2) is 0 Å². The molecule has 3 aliphatic heterocycles. The summed E-state index contributed by atoms with van der Waals surface area (Å²) in [6, 6.07) is 20.0. The van der Waals surface area contributed by atoms with E-state index in [-0.39, 0.29) is 71.3 Å². The molecule has 6 rings (SSSR count). The number of piperidine rings is 1. The lowest BCUT2D eigenvalue weighted by atomic mass is 9.84. The third-order valence-electron chi connectivity index (χ3n) is 10.9. The van der Waals surface area contributed by atoms with Crippen molar-refractivity contribution in [2.45, 2.75) is 57.0 Å². The zero-order valence-corrected chi connectivity index (χ0v) is 36.6. The van der Waals surface area contributed by atoms with E-state index in [9.17, 15) is 14.0 Å². The van der Waals surface area contributed by atoms with Gasteiger partial charge < -0.3 is 57.3 Å². The largest absolute Gasteiger partial charge is 0.508 e. The van der Waals surface area contributed by atoms with Gasteiger partial charge in [0.05, 0.1) is 82.3 Å². The maximum atomic E-state index is 13.9. The minimum atomic E-state index is -0.932. The molecule has 2 fully saturated rings. The molecule has 64 heavy (non-hydrogen) atoms. The summed E-state index contributed by atoms with van der Waals surface area (Å²) < 4.78 is 66.2. The monoisotopic (exact) mass is 900 g/mol. The van der Waals surface area contributed by atoms with Crippen LogP contribution in [-0.2, 0) is 44.6 Å². The van der Waals surface area contributed by atoms with Gasteiger partial charge in [0.2, 0.25) is 0 Å². The number of hydrogen-bond acceptors (Lipinski definition) is 17. The molecule has 19 heteroatoms. The van der Waals surface area contributed by atoms with Crippen LogP contribution < -0.4 is 19.3 Å². The van der Waals surface area contributed by atoms with Gasteiger partial charge in [0.1, 0.15) is 49.3 Å². The molecule has 4 atom stereocenters. The fraction of sp³-hybridized carbons (Fsp3) is 0.556. The highest BCUT2D eigenvalue weighted by Crippen LogP contribution is 2.37. The Morgan fingerprint density at radius 2 is 1.64 bits per heavy atom. The SMILES string of the molecule is CCCOCCOC(=O)OC1CN(C(=O)OCCOCCON(O)O)CC(OCc2ccc3c(c2)N(CCCOC)CCO3)C1c1ccc(OC2CCN(c3cccc(F)c3)C2)cc1. The highest BCUT2D eigenvalue weighted by atomic mass is 19.1. The van der Waals surface area contributed by atoms with E-state index in [0.29, 0.717) is 32.1 Å². The van der Waals surface area contributed by atoms with Gasteiger partial charge in [-0.3, -0.25) is 10.4 Å². The van der Waals surface area contributed by atoms with Crippen LogP contribution in [0, 0.1) is 5.82 Å². The number of likely N-dealkylation sites (tertiary alicyclic amines) is 1. The van der Waals surface area contributed by atoms with Gasteiger partial charge in [0, 0.05) is 45.5 Å². The number of halogens is 1. The molecule has 0 aromatic heterocycles. The first kappa shape index (κ1) is 48.5. The number of ether oxygens (including phenoxy) is 9. The molecule has 2 saturated heterocycles. The lowest BCUT2D eigenvalue weighted by Gasteiger charge is -2.42. The second-order valence-electron chi connectivity index (χ2n) is 15.5. The number of hydrogen-bond donors (Lipinski definition) is 2. The Morgan fingerprint density at radius 3 is 2.42 bits per heavy atom. The molecule has 0 spiro atoms. The average molecular weight is 901 g/mol. The molecule has 4 unspecified atom stereocenters. The zero-order valence-electron chi connectivity index (χ0n) is 36.6. The van der Waals surface area contributed by atoms with Crippen molar-refractivity contribution in [2.24, 2.45) is 0 Å². The van der Waals surface area contributed by atoms with Crippen LogP contribution in [0.25, 0.3) is 0 Å². The minimum Gasteiger partial charge on any atom is -0.490 e. The quantitative estimate of drug-likeness (QED) is 0.0624. The molecule has 18 nitrogen and oxygen atoms in total. The molecule has 3 aliphatic rings. The van der Waals surface area contributed by atoms with Crippen LogP contribution in [-0.4, -0.2) is 157 Å². The van der Waals surface area contributed by atoms with E-state index in [2.05, 4.69) is 14.6 Å². The fourth-order valence-electron chi connectivity index (χ4n) is 7.90. The number of carbonyl (C=O) groups excluding carboxylic acids is 2. The van der Waals surface area contributed by atoms with Crippen LogP contribution >= 0.6 is 0 Å². The van der Waals surface area contributed by atoms with E-state index in [1.165, 1.54) is 17.0 Å². The number of nitrogens with zero attached hydrogens (tertiary/aromatic N) is 4. The molecule has 0 radical (unpaired) electrons.